The third-order valence-corrected chi connectivity index (χ3v) is 5.86. The molecular formula is C22H21ClN4O5. The predicted molar refractivity (Wildman–Crippen MR) is 116 cm³/mol. The van der Waals surface area contributed by atoms with Gasteiger partial charge in [-0.15, -0.1) is 0 Å². The monoisotopic (exact) mass is 456 g/mol. The minimum Gasteiger partial charge on any atom is -0.495 e. The van der Waals surface area contributed by atoms with E-state index >= 15 is 0 Å². The second-order valence-corrected chi connectivity index (χ2v) is 8.05. The Morgan fingerprint density at radius 2 is 2.06 bits per heavy atom. The lowest BCUT2D eigenvalue weighted by Crippen LogP contribution is -2.49. The van der Waals surface area contributed by atoms with Crippen LogP contribution in [0.15, 0.2) is 48.8 Å². The molecule has 166 valence electrons. The van der Waals surface area contributed by atoms with Gasteiger partial charge in [-0.05, 0) is 42.3 Å². The Bertz CT molecular complexity index is 1110. The summed E-state index contributed by atoms with van der Waals surface area (Å²) in [4.78, 5) is 27.1. The van der Waals surface area contributed by atoms with Crippen LogP contribution in [-0.4, -0.2) is 48.2 Å². The molecule has 0 saturated carbocycles. The number of hydrogen-bond donors (Lipinski definition) is 2. The average molecular weight is 457 g/mol. The van der Waals surface area contributed by atoms with Crippen molar-refractivity contribution in [3.63, 3.8) is 0 Å². The van der Waals surface area contributed by atoms with Crippen LogP contribution in [0.5, 0.6) is 17.2 Å². The molecule has 3 aliphatic heterocycles. The van der Waals surface area contributed by atoms with E-state index < -0.39 is 6.04 Å². The summed E-state index contributed by atoms with van der Waals surface area (Å²) in [7, 11) is 1.51. The van der Waals surface area contributed by atoms with E-state index in [9.17, 15) is 9.59 Å². The number of rotatable bonds is 5. The zero-order valence-corrected chi connectivity index (χ0v) is 18.0. The molecule has 2 aromatic carbocycles. The van der Waals surface area contributed by atoms with Gasteiger partial charge in [0.1, 0.15) is 18.3 Å². The number of halogens is 1. The number of ether oxygens (including phenoxy) is 3. The van der Waals surface area contributed by atoms with Crippen LogP contribution in [-0.2, 0) is 9.59 Å². The second kappa shape index (κ2) is 8.25. The van der Waals surface area contributed by atoms with Crippen molar-refractivity contribution in [2.45, 2.75) is 18.5 Å². The molecule has 2 unspecified atom stereocenters. The SMILES string of the molecule is COc1ccc(Cl)cc1NC(=O)CN1C=CN2NC(c3ccc4c(c3)OCO4)CC2C1=O. The molecule has 0 aliphatic carbocycles. The highest BCUT2D eigenvalue weighted by Gasteiger charge is 2.40. The summed E-state index contributed by atoms with van der Waals surface area (Å²) >= 11 is 6.02. The Hall–Kier alpha value is -3.43. The molecule has 0 bridgehead atoms. The number of carbonyl (C=O) groups excluding carboxylic acids is 2. The van der Waals surface area contributed by atoms with E-state index in [0.29, 0.717) is 34.4 Å². The maximum atomic E-state index is 13.1. The molecule has 3 aliphatic rings. The van der Waals surface area contributed by atoms with Gasteiger partial charge in [0.2, 0.25) is 12.7 Å². The number of amides is 2. The fourth-order valence-electron chi connectivity index (χ4n) is 4.04. The van der Waals surface area contributed by atoms with Crippen LogP contribution < -0.4 is 25.0 Å². The van der Waals surface area contributed by atoms with E-state index in [1.54, 1.807) is 35.6 Å². The van der Waals surface area contributed by atoms with Gasteiger partial charge in [-0.2, -0.15) is 0 Å². The summed E-state index contributed by atoms with van der Waals surface area (Å²) in [6, 6.07) is 10.2. The van der Waals surface area contributed by atoms with Gasteiger partial charge >= 0.3 is 0 Å². The van der Waals surface area contributed by atoms with Gasteiger partial charge in [0.25, 0.3) is 5.91 Å². The van der Waals surface area contributed by atoms with Crippen LogP contribution in [0.4, 0.5) is 5.69 Å². The Kier molecular flexibility index (Phi) is 5.28. The number of nitrogens with one attached hydrogen (secondary N) is 2. The Balaban J connectivity index is 1.24. The quantitative estimate of drug-likeness (QED) is 0.714. The number of methoxy groups -OCH3 is 1. The first-order valence-electron chi connectivity index (χ1n) is 10.1. The van der Waals surface area contributed by atoms with E-state index in [-0.39, 0.29) is 31.2 Å². The largest absolute Gasteiger partial charge is 0.495 e. The van der Waals surface area contributed by atoms with E-state index in [1.807, 2.05) is 18.2 Å². The van der Waals surface area contributed by atoms with Crippen molar-refractivity contribution in [1.82, 2.24) is 15.3 Å². The van der Waals surface area contributed by atoms with Crippen molar-refractivity contribution in [3.8, 4) is 17.2 Å². The van der Waals surface area contributed by atoms with E-state index in [1.165, 1.54) is 12.0 Å². The lowest BCUT2D eigenvalue weighted by Gasteiger charge is -2.31. The molecule has 2 atom stereocenters. The highest BCUT2D eigenvalue weighted by Crippen LogP contribution is 2.37. The first-order valence-corrected chi connectivity index (χ1v) is 10.5. The minimum absolute atomic E-state index is 0.0624. The summed E-state index contributed by atoms with van der Waals surface area (Å²) in [6.45, 7) is 0.0922. The molecule has 0 radical (unpaired) electrons. The molecule has 2 N–H and O–H groups in total. The third kappa shape index (κ3) is 3.80. The van der Waals surface area contributed by atoms with Gasteiger partial charge in [-0.25, -0.2) is 5.43 Å². The van der Waals surface area contributed by atoms with Crippen LogP contribution >= 0.6 is 11.6 Å². The molecule has 0 spiro atoms. The fourth-order valence-corrected chi connectivity index (χ4v) is 4.21. The number of nitrogens with zero attached hydrogens (tertiary/aromatic N) is 2. The minimum atomic E-state index is -0.413. The van der Waals surface area contributed by atoms with Gasteiger partial charge in [-0.3, -0.25) is 9.59 Å². The summed E-state index contributed by atoms with van der Waals surface area (Å²) in [5, 5.41) is 5.01. The van der Waals surface area contributed by atoms with Crippen molar-refractivity contribution in [2.75, 3.05) is 25.8 Å². The standard InChI is InChI=1S/C22H21ClN4O5/c1-30-18-5-3-14(23)9-16(18)24-21(28)11-26-6-7-27-17(22(26)29)10-15(25-27)13-2-4-19-20(8-13)32-12-31-19/h2-9,15,17,25H,10-12H2,1H3,(H,24,28). The van der Waals surface area contributed by atoms with Crippen molar-refractivity contribution in [1.29, 1.82) is 0 Å². The number of fused-ring (bicyclic) bond motifs is 2. The smallest absolute Gasteiger partial charge is 0.251 e. The number of hydrogen-bond acceptors (Lipinski definition) is 7. The van der Waals surface area contributed by atoms with Gasteiger partial charge in [0, 0.05) is 17.4 Å². The van der Waals surface area contributed by atoms with Crippen molar-refractivity contribution in [3.05, 3.63) is 59.4 Å². The summed E-state index contributed by atoms with van der Waals surface area (Å²) in [6.07, 6.45) is 3.93. The molecule has 10 heteroatoms. The van der Waals surface area contributed by atoms with Crippen LogP contribution in [0.25, 0.3) is 0 Å². The average Bonchev–Trinajstić information content (AvgIpc) is 3.42. The molecule has 3 heterocycles. The van der Waals surface area contributed by atoms with Crippen LogP contribution in [0.3, 0.4) is 0 Å². The zero-order valence-electron chi connectivity index (χ0n) is 17.2. The second-order valence-electron chi connectivity index (χ2n) is 7.61. The molecular weight excluding hydrogens is 436 g/mol. The van der Waals surface area contributed by atoms with Gasteiger partial charge in [-0.1, -0.05) is 17.7 Å². The number of anilines is 1. The molecule has 32 heavy (non-hydrogen) atoms. The molecule has 2 amide bonds. The molecule has 1 fully saturated rings. The lowest BCUT2D eigenvalue weighted by molar-refractivity contribution is -0.137. The van der Waals surface area contributed by atoms with E-state index in [4.69, 9.17) is 25.8 Å². The maximum Gasteiger partial charge on any atom is 0.251 e. The zero-order chi connectivity index (χ0) is 22.2. The summed E-state index contributed by atoms with van der Waals surface area (Å²) < 4.78 is 16.1. The molecule has 2 aromatic rings. The fraction of sp³-hybridized carbons (Fsp3) is 0.273. The van der Waals surface area contributed by atoms with E-state index in [2.05, 4.69) is 10.7 Å². The van der Waals surface area contributed by atoms with Crippen LogP contribution in [0, 0.1) is 0 Å². The number of carbonyl (C=O) groups is 2. The van der Waals surface area contributed by atoms with Crippen LogP contribution in [0.2, 0.25) is 5.02 Å². The predicted octanol–water partition coefficient (Wildman–Crippen LogP) is 2.65. The number of benzene rings is 2. The summed E-state index contributed by atoms with van der Waals surface area (Å²) in [5.41, 5.74) is 4.79. The van der Waals surface area contributed by atoms with Gasteiger partial charge < -0.3 is 29.4 Å². The maximum absolute atomic E-state index is 13.1. The van der Waals surface area contributed by atoms with Gasteiger partial charge in [0.05, 0.1) is 18.8 Å². The molecule has 0 aromatic heterocycles. The Labute approximate surface area is 189 Å². The topological polar surface area (TPSA) is 92.4 Å². The highest BCUT2D eigenvalue weighted by atomic mass is 35.5. The van der Waals surface area contributed by atoms with Crippen LogP contribution in [0.1, 0.15) is 18.0 Å². The first-order chi connectivity index (χ1) is 15.5. The third-order valence-electron chi connectivity index (χ3n) is 5.62. The normalized spacial score (nSPS) is 21.0. The Morgan fingerprint density at radius 3 is 2.91 bits per heavy atom. The highest BCUT2D eigenvalue weighted by molar-refractivity contribution is 6.31. The molecule has 1 saturated heterocycles. The van der Waals surface area contributed by atoms with Crippen molar-refractivity contribution in [2.24, 2.45) is 0 Å². The first kappa shape index (κ1) is 20.5. The van der Waals surface area contributed by atoms with Crippen molar-refractivity contribution >= 4 is 29.1 Å². The summed E-state index contributed by atoms with van der Waals surface area (Å²) in [5.74, 6) is 1.40. The molecule has 5 rings (SSSR count). The lowest BCUT2D eigenvalue weighted by atomic mass is 10.0. The van der Waals surface area contributed by atoms with Gasteiger partial charge in [0.15, 0.2) is 11.5 Å². The van der Waals surface area contributed by atoms with E-state index in [0.717, 1.165) is 5.56 Å². The number of hydrazine groups is 1. The van der Waals surface area contributed by atoms with Crippen molar-refractivity contribution < 1.29 is 23.8 Å². The molecule has 9 nitrogen and oxygen atoms in total. The Morgan fingerprint density at radius 1 is 1.22 bits per heavy atom.